The van der Waals surface area contributed by atoms with E-state index in [1.54, 1.807) is 18.2 Å². The molecule has 0 fully saturated rings. The van der Waals surface area contributed by atoms with E-state index in [0.29, 0.717) is 5.75 Å². The number of fused-ring (bicyclic) bond motifs is 1. The molecular formula is C16H16BrNO3S. The first-order chi connectivity index (χ1) is 10.4. The van der Waals surface area contributed by atoms with Crippen molar-refractivity contribution in [3.05, 3.63) is 52.5 Å². The molecule has 3 rings (SSSR count). The molecule has 1 aliphatic heterocycles. The molecule has 0 N–H and O–H groups in total. The maximum absolute atomic E-state index is 13.0. The minimum atomic E-state index is -3.62. The van der Waals surface area contributed by atoms with Gasteiger partial charge in [0.1, 0.15) is 5.75 Å². The van der Waals surface area contributed by atoms with Crippen molar-refractivity contribution in [1.82, 2.24) is 0 Å². The number of para-hydroxylation sites is 1. The van der Waals surface area contributed by atoms with Crippen LogP contribution in [0.5, 0.6) is 5.75 Å². The molecule has 0 saturated carbocycles. The Labute approximate surface area is 138 Å². The molecule has 0 unspecified atom stereocenters. The Hall–Kier alpha value is -1.53. The average Bonchev–Trinajstić information content (AvgIpc) is 2.83. The fourth-order valence-corrected chi connectivity index (χ4v) is 4.93. The van der Waals surface area contributed by atoms with Crippen molar-refractivity contribution in [2.75, 3.05) is 11.4 Å². The number of halogens is 1. The Morgan fingerprint density at radius 2 is 1.95 bits per heavy atom. The van der Waals surface area contributed by atoms with Crippen LogP contribution in [0.25, 0.3) is 0 Å². The second-order valence-electron chi connectivity index (χ2n) is 5.28. The molecule has 1 aliphatic rings. The van der Waals surface area contributed by atoms with Gasteiger partial charge in [-0.15, -0.1) is 0 Å². The Morgan fingerprint density at radius 1 is 1.23 bits per heavy atom. The molecule has 2 aromatic rings. The topological polar surface area (TPSA) is 46.6 Å². The summed E-state index contributed by atoms with van der Waals surface area (Å²) >= 11 is 3.35. The lowest BCUT2D eigenvalue weighted by atomic mass is 10.1. The van der Waals surface area contributed by atoms with E-state index in [1.807, 2.05) is 31.2 Å². The average molecular weight is 382 g/mol. The molecule has 0 bridgehead atoms. The molecule has 1 atom stereocenters. The summed E-state index contributed by atoms with van der Waals surface area (Å²) < 4.78 is 33.5. The van der Waals surface area contributed by atoms with Crippen LogP contribution in [0.2, 0.25) is 0 Å². The highest BCUT2D eigenvalue weighted by atomic mass is 79.9. The van der Waals surface area contributed by atoms with Gasteiger partial charge in [-0.25, -0.2) is 8.42 Å². The molecule has 0 amide bonds. The quantitative estimate of drug-likeness (QED) is 0.815. The lowest BCUT2D eigenvalue weighted by molar-refractivity contribution is 0.410. The number of hydrogen-bond donors (Lipinski definition) is 0. The fraction of sp³-hybridized carbons (Fsp3) is 0.250. The maximum atomic E-state index is 13.0. The number of methoxy groups -OCH3 is 1. The number of ether oxygens (including phenoxy) is 1. The maximum Gasteiger partial charge on any atom is 0.264 e. The summed E-state index contributed by atoms with van der Waals surface area (Å²) in [5, 5.41) is 0. The number of sulfonamides is 1. The zero-order valence-electron chi connectivity index (χ0n) is 12.3. The van der Waals surface area contributed by atoms with Crippen LogP contribution >= 0.6 is 15.9 Å². The third-order valence-corrected chi connectivity index (χ3v) is 6.40. The van der Waals surface area contributed by atoms with E-state index in [1.165, 1.54) is 11.4 Å². The van der Waals surface area contributed by atoms with Crippen molar-refractivity contribution >= 4 is 31.6 Å². The summed E-state index contributed by atoms with van der Waals surface area (Å²) in [6, 6.07) is 12.4. The third kappa shape index (κ3) is 2.40. The highest BCUT2D eigenvalue weighted by molar-refractivity contribution is 9.10. The van der Waals surface area contributed by atoms with Gasteiger partial charge in [0.2, 0.25) is 0 Å². The van der Waals surface area contributed by atoms with E-state index < -0.39 is 10.0 Å². The first kappa shape index (κ1) is 15.4. The number of anilines is 1. The number of hydrogen-bond acceptors (Lipinski definition) is 3. The van der Waals surface area contributed by atoms with Gasteiger partial charge in [0.05, 0.1) is 22.2 Å². The Balaban J connectivity index is 2.11. The van der Waals surface area contributed by atoms with Crippen LogP contribution in [-0.4, -0.2) is 21.6 Å². The van der Waals surface area contributed by atoms with E-state index in [9.17, 15) is 8.42 Å². The lowest BCUT2D eigenvalue weighted by Gasteiger charge is -2.24. The monoisotopic (exact) mass is 381 g/mol. The Kier molecular flexibility index (Phi) is 3.91. The van der Waals surface area contributed by atoms with Crippen LogP contribution in [0.15, 0.2) is 51.8 Å². The second-order valence-corrected chi connectivity index (χ2v) is 7.95. The van der Waals surface area contributed by atoms with Gasteiger partial charge in [-0.2, -0.15) is 0 Å². The Morgan fingerprint density at radius 3 is 2.68 bits per heavy atom. The van der Waals surface area contributed by atoms with Gasteiger partial charge in [-0.1, -0.05) is 18.2 Å². The zero-order chi connectivity index (χ0) is 15.9. The van der Waals surface area contributed by atoms with Gasteiger partial charge in [0.15, 0.2) is 0 Å². The van der Waals surface area contributed by atoms with E-state index in [-0.39, 0.29) is 10.9 Å². The minimum absolute atomic E-state index is 0.1000. The number of nitrogens with zero attached hydrogens (tertiary/aromatic N) is 1. The van der Waals surface area contributed by atoms with Crippen molar-refractivity contribution < 1.29 is 13.2 Å². The Bertz CT molecular complexity index is 820. The summed E-state index contributed by atoms with van der Waals surface area (Å²) in [4.78, 5) is 0.233. The summed E-state index contributed by atoms with van der Waals surface area (Å²) in [7, 11) is -2.10. The third-order valence-electron chi connectivity index (χ3n) is 3.82. The molecule has 0 radical (unpaired) electrons. The van der Waals surface area contributed by atoms with Crippen LogP contribution in [0.4, 0.5) is 5.69 Å². The standard InChI is InChI=1S/C16H16BrNO3S/c1-11-9-12-5-3-4-6-15(12)18(11)22(19,20)13-7-8-14(17)16(10-13)21-2/h3-8,10-11H,9H2,1-2H3/t11-/m0/s1. The van der Waals surface area contributed by atoms with E-state index >= 15 is 0 Å². The molecule has 116 valence electrons. The summed E-state index contributed by atoms with van der Waals surface area (Å²) in [5.74, 6) is 0.501. The molecule has 0 saturated heterocycles. The van der Waals surface area contributed by atoms with E-state index in [4.69, 9.17) is 4.74 Å². The van der Waals surface area contributed by atoms with Gasteiger partial charge in [-0.3, -0.25) is 4.31 Å². The molecule has 4 nitrogen and oxygen atoms in total. The zero-order valence-corrected chi connectivity index (χ0v) is 14.7. The molecule has 1 heterocycles. The molecule has 0 aliphatic carbocycles. The van der Waals surface area contributed by atoms with Crippen molar-refractivity contribution in [2.45, 2.75) is 24.3 Å². The van der Waals surface area contributed by atoms with Crippen LogP contribution in [0, 0.1) is 0 Å². The van der Waals surface area contributed by atoms with E-state index in [0.717, 1.165) is 22.1 Å². The molecule has 6 heteroatoms. The number of rotatable bonds is 3. The van der Waals surface area contributed by atoms with Gasteiger partial charge in [-0.05, 0) is 53.0 Å². The molecular weight excluding hydrogens is 366 g/mol. The van der Waals surface area contributed by atoms with Crippen LogP contribution < -0.4 is 9.04 Å². The number of benzene rings is 2. The predicted molar refractivity (Wildman–Crippen MR) is 90.0 cm³/mol. The largest absolute Gasteiger partial charge is 0.496 e. The summed E-state index contributed by atoms with van der Waals surface area (Å²) in [5.41, 5.74) is 1.82. The molecule has 0 aromatic heterocycles. The van der Waals surface area contributed by atoms with Gasteiger partial charge >= 0.3 is 0 Å². The van der Waals surface area contributed by atoms with Crippen molar-refractivity contribution in [3.63, 3.8) is 0 Å². The smallest absolute Gasteiger partial charge is 0.264 e. The highest BCUT2D eigenvalue weighted by Crippen LogP contribution is 2.37. The van der Waals surface area contributed by atoms with Crippen molar-refractivity contribution in [2.24, 2.45) is 0 Å². The van der Waals surface area contributed by atoms with Crippen LogP contribution in [0.3, 0.4) is 0 Å². The van der Waals surface area contributed by atoms with Crippen LogP contribution in [0.1, 0.15) is 12.5 Å². The first-order valence-electron chi connectivity index (χ1n) is 6.91. The van der Waals surface area contributed by atoms with Gasteiger partial charge in [0, 0.05) is 12.1 Å². The summed E-state index contributed by atoms with van der Waals surface area (Å²) in [6.07, 6.45) is 0.725. The van der Waals surface area contributed by atoms with Crippen LogP contribution in [-0.2, 0) is 16.4 Å². The molecule has 2 aromatic carbocycles. The summed E-state index contributed by atoms with van der Waals surface area (Å²) in [6.45, 7) is 1.92. The lowest BCUT2D eigenvalue weighted by Crippen LogP contribution is -2.35. The predicted octanol–water partition coefficient (Wildman–Crippen LogP) is 3.60. The fourth-order valence-electron chi connectivity index (χ4n) is 2.82. The molecule has 22 heavy (non-hydrogen) atoms. The SMILES string of the molecule is COc1cc(S(=O)(=O)N2c3ccccc3C[C@@H]2C)ccc1Br. The second kappa shape index (κ2) is 5.59. The minimum Gasteiger partial charge on any atom is -0.496 e. The normalized spacial score (nSPS) is 17.4. The highest BCUT2D eigenvalue weighted by Gasteiger charge is 2.36. The van der Waals surface area contributed by atoms with E-state index in [2.05, 4.69) is 15.9 Å². The molecule has 0 spiro atoms. The van der Waals surface area contributed by atoms with Crippen molar-refractivity contribution in [1.29, 1.82) is 0 Å². The van der Waals surface area contributed by atoms with Gasteiger partial charge in [0.25, 0.3) is 10.0 Å². The first-order valence-corrected chi connectivity index (χ1v) is 9.14. The van der Waals surface area contributed by atoms with Gasteiger partial charge < -0.3 is 4.74 Å². The van der Waals surface area contributed by atoms with Crippen molar-refractivity contribution in [3.8, 4) is 5.75 Å².